The van der Waals surface area contributed by atoms with Gasteiger partial charge < -0.3 is 9.22 Å². The molecule has 4 heteroatoms. The molecular weight excluding hydrogens is 220 g/mol. The lowest BCUT2D eigenvalue weighted by Gasteiger charge is -2.38. The number of hydrogen-bond donors (Lipinski definition) is 0. The highest BCUT2D eigenvalue weighted by Crippen LogP contribution is 2.37. The molecule has 0 aliphatic carbocycles. The van der Waals surface area contributed by atoms with E-state index in [2.05, 4.69) is 33.9 Å². The van der Waals surface area contributed by atoms with E-state index in [1.807, 2.05) is 0 Å². The monoisotopic (exact) mass is 244 g/mol. The summed E-state index contributed by atoms with van der Waals surface area (Å²) in [4.78, 5) is 21.8. The number of hydrogen-bond acceptors (Lipinski definition) is 3. The Bertz CT molecular complexity index is 253. The number of Topliss-reactive ketones (excluding diaryl/α,β-unsaturated/α-hetero) is 1. The fraction of sp³-hybridized carbons (Fsp3) is 0.833. The first-order valence-electron chi connectivity index (χ1n) is 5.73. The van der Waals surface area contributed by atoms with Crippen molar-refractivity contribution >= 4 is 20.4 Å². The molecule has 0 N–H and O–H groups in total. The van der Waals surface area contributed by atoms with Crippen molar-refractivity contribution in [1.29, 1.82) is 0 Å². The molecule has 0 bridgehead atoms. The van der Waals surface area contributed by atoms with Crippen LogP contribution in [0.2, 0.25) is 18.1 Å². The van der Waals surface area contributed by atoms with Crippen molar-refractivity contribution in [1.82, 2.24) is 0 Å². The van der Waals surface area contributed by atoms with Gasteiger partial charge in [0.2, 0.25) is 0 Å². The van der Waals surface area contributed by atoms with Gasteiger partial charge in [0, 0.05) is 6.42 Å². The number of rotatable bonds is 6. The van der Waals surface area contributed by atoms with Crippen molar-refractivity contribution in [3.8, 4) is 0 Å². The van der Waals surface area contributed by atoms with Crippen molar-refractivity contribution < 1.29 is 14.0 Å². The van der Waals surface area contributed by atoms with Gasteiger partial charge in [0.1, 0.15) is 12.4 Å². The third kappa shape index (κ3) is 4.57. The van der Waals surface area contributed by atoms with Crippen LogP contribution in [0.4, 0.5) is 0 Å². The van der Waals surface area contributed by atoms with Crippen molar-refractivity contribution in [2.45, 2.75) is 64.8 Å². The Hall–Kier alpha value is -0.483. The lowest BCUT2D eigenvalue weighted by atomic mass is 10.1. The zero-order chi connectivity index (χ0) is 13.0. The summed E-state index contributed by atoms with van der Waals surface area (Å²) in [5, 5.41) is 0.0852. The number of carbonyl (C=O) groups excluding carboxylic acids is 2. The van der Waals surface area contributed by atoms with E-state index in [1.165, 1.54) is 6.92 Å². The van der Waals surface area contributed by atoms with Crippen LogP contribution in [0.1, 0.15) is 40.5 Å². The maximum absolute atomic E-state index is 11.4. The molecule has 0 aliphatic heterocycles. The molecule has 0 fully saturated rings. The van der Waals surface area contributed by atoms with Crippen LogP contribution in [0.25, 0.3) is 0 Å². The summed E-state index contributed by atoms with van der Waals surface area (Å²) in [5.41, 5.74) is 0. The molecule has 0 aliphatic rings. The molecule has 1 atom stereocenters. The van der Waals surface area contributed by atoms with E-state index in [0.29, 0.717) is 12.8 Å². The fourth-order valence-corrected chi connectivity index (χ4v) is 2.45. The van der Waals surface area contributed by atoms with Crippen LogP contribution in [0.3, 0.4) is 0 Å². The zero-order valence-electron chi connectivity index (χ0n) is 11.3. The second-order valence-electron chi connectivity index (χ2n) is 5.72. The van der Waals surface area contributed by atoms with Gasteiger partial charge in [-0.15, -0.1) is 0 Å². The highest BCUT2D eigenvalue weighted by Gasteiger charge is 2.39. The predicted molar refractivity (Wildman–Crippen MR) is 68.0 cm³/mol. The van der Waals surface area contributed by atoms with Crippen LogP contribution in [-0.2, 0) is 14.0 Å². The van der Waals surface area contributed by atoms with Gasteiger partial charge in [-0.3, -0.25) is 4.79 Å². The van der Waals surface area contributed by atoms with Crippen molar-refractivity contribution in [3.05, 3.63) is 0 Å². The second kappa shape index (κ2) is 5.73. The molecule has 0 heterocycles. The molecule has 0 aromatic heterocycles. The van der Waals surface area contributed by atoms with E-state index < -0.39 is 14.4 Å². The Morgan fingerprint density at radius 3 is 2.19 bits per heavy atom. The summed E-state index contributed by atoms with van der Waals surface area (Å²) in [5.74, 6) is 0.0201. The van der Waals surface area contributed by atoms with Crippen LogP contribution in [0.15, 0.2) is 0 Å². The molecule has 0 rings (SSSR count). The maximum Gasteiger partial charge on any atom is 0.193 e. The lowest BCUT2D eigenvalue weighted by Crippen LogP contribution is -2.45. The summed E-state index contributed by atoms with van der Waals surface area (Å²) in [6.07, 6.45) is 1.32. The van der Waals surface area contributed by atoms with E-state index in [1.54, 1.807) is 0 Å². The Morgan fingerprint density at radius 1 is 1.38 bits per heavy atom. The molecule has 0 saturated heterocycles. The number of ketones is 1. The molecule has 0 radical (unpaired) electrons. The van der Waals surface area contributed by atoms with Gasteiger partial charge in [-0.2, -0.15) is 0 Å². The molecule has 0 aromatic rings. The van der Waals surface area contributed by atoms with Crippen molar-refractivity contribution in [2.24, 2.45) is 0 Å². The lowest BCUT2D eigenvalue weighted by molar-refractivity contribution is -0.124. The van der Waals surface area contributed by atoms with E-state index in [4.69, 9.17) is 4.43 Å². The normalized spacial score (nSPS) is 14.6. The summed E-state index contributed by atoms with van der Waals surface area (Å²) < 4.78 is 6.00. The first-order chi connectivity index (χ1) is 7.12. The molecule has 16 heavy (non-hydrogen) atoms. The van der Waals surface area contributed by atoms with Crippen LogP contribution < -0.4 is 0 Å². The first-order valence-corrected chi connectivity index (χ1v) is 8.64. The van der Waals surface area contributed by atoms with E-state index in [9.17, 15) is 9.59 Å². The van der Waals surface area contributed by atoms with Crippen LogP contribution in [-0.4, -0.2) is 26.5 Å². The smallest absolute Gasteiger partial charge is 0.193 e. The Balaban J connectivity index is 4.62. The third-order valence-electron chi connectivity index (χ3n) is 3.24. The van der Waals surface area contributed by atoms with Crippen molar-refractivity contribution in [3.63, 3.8) is 0 Å². The van der Waals surface area contributed by atoms with E-state index in [-0.39, 0.29) is 10.8 Å². The molecule has 0 spiro atoms. The quantitative estimate of drug-likeness (QED) is 0.533. The van der Waals surface area contributed by atoms with Gasteiger partial charge in [-0.1, -0.05) is 20.8 Å². The molecule has 0 saturated carbocycles. The van der Waals surface area contributed by atoms with Crippen molar-refractivity contribution in [2.75, 3.05) is 0 Å². The van der Waals surface area contributed by atoms with Gasteiger partial charge >= 0.3 is 0 Å². The summed E-state index contributed by atoms with van der Waals surface area (Å²) in [6, 6.07) is 0. The topological polar surface area (TPSA) is 43.4 Å². The SMILES string of the molecule is CC(=O)[C@@H](CCC=O)O[Si](C)(C)C(C)(C)C. The van der Waals surface area contributed by atoms with Gasteiger partial charge in [0.15, 0.2) is 14.1 Å². The summed E-state index contributed by atoms with van der Waals surface area (Å²) in [6.45, 7) is 12.2. The Morgan fingerprint density at radius 2 is 1.88 bits per heavy atom. The zero-order valence-corrected chi connectivity index (χ0v) is 12.3. The minimum absolute atomic E-state index is 0.0201. The molecule has 3 nitrogen and oxygen atoms in total. The average Bonchev–Trinajstić information content (AvgIpc) is 2.09. The summed E-state index contributed by atoms with van der Waals surface area (Å²) >= 11 is 0. The highest BCUT2D eigenvalue weighted by atomic mass is 28.4. The average molecular weight is 244 g/mol. The van der Waals surface area contributed by atoms with Gasteiger partial charge in [0.05, 0.1) is 0 Å². The van der Waals surface area contributed by atoms with E-state index in [0.717, 1.165) is 6.29 Å². The number of aldehydes is 1. The summed E-state index contributed by atoms with van der Waals surface area (Å²) in [7, 11) is -1.92. The van der Waals surface area contributed by atoms with Crippen LogP contribution in [0.5, 0.6) is 0 Å². The van der Waals surface area contributed by atoms with Gasteiger partial charge in [-0.25, -0.2) is 0 Å². The largest absolute Gasteiger partial charge is 0.407 e. The molecular formula is C12H24O3Si. The maximum atomic E-state index is 11.4. The van der Waals surface area contributed by atoms with Crippen LogP contribution >= 0.6 is 0 Å². The minimum Gasteiger partial charge on any atom is -0.407 e. The third-order valence-corrected chi connectivity index (χ3v) is 7.73. The first kappa shape index (κ1) is 15.5. The molecule has 0 aromatic carbocycles. The molecule has 0 unspecified atom stereocenters. The van der Waals surface area contributed by atoms with E-state index >= 15 is 0 Å². The number of carbonyl (C=O) groups is 2. The fourth-order valence-electron chi connectivity index (χ4n) is 1.10. The molecule has 0 amide bonds. The second-order valence-corrected chi connectivity index (χ2v) is 10.5. The Kier molecular flexibility index (Phi) is 5.56. The Labute approximate surface area is 99.7 Å². The minimum atomic E-state index is -1.92. The highest BCUT2D eigenvalue weighted by molar-refractivity contribution is 6.74. The van der Waals surface area contributed by atoms with Crippen LogP contribution in [0, 0.1) is 0 Å². The predicted octanol–water partition coefficient (Wildman–Crippen LogP) is 2.94. The standard InChI is InChI=1S/C12H24O3Si/c1-10(14)11(8-7-9-13)15-16(5,6)12(2,3)4/h9,11H,7-8H2,1-6H3/t11-/m1/s1. The van der Waals surface area contributed by atoms with Gasteiger partial charge in [-0.05, 0) is 31.5 Å². The van der Waals surface area contributed by atoms with Gasteiger partial charge in [0.25, 0.3) is 0 Å². The molecule has 94 valence electrons.